The van der Waals surface area contributed by atoms with Gasteiger partial charge in [-0.2, -0.15) is 0 Å². The lowest BCUT2D eigenvalue weighted by molar-refractivity contribution is 1.41. The van der Waals surface area contributed by atoms with Gasteiger partial charge in [-0.15, -0.1) is 38.1 Å². The molecule has 0 heterocycles. The summed E-state index contributed by atoms with van der Waals surface area (Å²) in [5.41, 5.74) is 1.19. The zero-order chi connectivity index (χ0) is 5.86. The van der Waals surface area contributed by atoms with Gasteiger partial charge in [0, 0.05) is 0 Å². The van der Waals surface area contributed by atoms with Crippen molar-refractivity contribution >= 4 is 35.9 Å². The largest absolute Gasteiger partial charge is 0.302 e. The van der Waals surface area contributed by atoms with Crippen LogP contribution in [0.1, 0.15) is 6.92 Å². The minimum atomic E-state index is 0.400. The normalized spacial score (nSPS) is 8.43. The zero-order valence-electron chi connectivity index (χ0n) is 4.25. The fourth-order valence-electron chi connectivity index (χ4n) is 0.263. The summed E-state index contributed by atoms with van der Waals surface area (Å²) in [5.74, 6) is 0. The van der Waals surface area contributed by atoms with Gasteiger partial charge in [-0.05, 0) is 13.2 Å². The second-order valence-corrected chi connectivity index (χ2v) is 4.99. The lowest BCUT2D eigenvalue weighted by atomic mass is 9.98. The summed E-state index contributed by atoms with van der Waals surface area (Å²) >= 11 is 6.66. The van der Waals surface area contributed by atoms with Crippen LogP contribution >= 0.6 is 31.5 Å². The van der Waals surface area contributed by atoms with Gasteiger partial charge in [-0.3, -0.25) is 0 Å². The van der Waals surface area contributed by atoms with Gasteiger partial charge in [-0.25, -0.2) is 0 Å². The van der Waals surface area contributed by atoms with E-state index in [4.69, 9.17) is 0 Å². The maximum atomic E-state index is 3.74. The van der Waals surface area contributed by atoms with Gasteiger partial charge < -0.3 is 0 Å². The molecule has 0 aliphatic rings. The third kappa shape index (κ3) is 6.76. The average Bonchev–Trinajstić information content (AvgIpc) is 1.27. The third-order valence-corrected chi connectivity index (χ3v) is 1.15. The molecule has 0 radical (unpaired) electrons. The Labute approximate surface area is 61.4 Å². The topological polar surface area (TPSA) is 0 Å². The molecule has 0 aromatic carbocycles. The summed E-state index contributed by atoms with van der Waals surface area (Å²) in [6.07, 6.45) is 1.00. The van der Waals surface area contributed by atoms with Crippen molar-refractivity contribution in [2.24, 2.45) is 0 Å². The minimum Gasteiger partial charge on any atom is -0.139 e. The smallest absolute Gasteiger partial charge is 0.139 e. The van der Waals surface area contributed by atoms with Crippen LogP contribution in [0.5, 0.6) is 0 Å². The first-order valence-electron chi connectivity index (χ1n) is 2.05. The van der Waals surface area contributed by atoms with Crippen LogP contribution in [-0.2, 0) is 0 Å². The number of hydrogen-bond acceptors (Lipinski definition) is 0. The molecule has 0 nitrogen and oxygen atoms in total. The first-order valence-corrected chi connectivity index (χ1v) is 3.88. The molecule has 3 heteroatoms. The summed E-state index contributed by atoms with van der Waals surface area (Å²) in [4.78, 5) is 0. The standard InChI is InChI=1S/C4H7BBr2/c1-4(2)3-5(6)7/h1,3H2,2H3. The van der Waals surface area contributed by atoms with E-state index in [0.29, 0.717) is 4.36 Å². The Kier molecular flexibility index (Phi) is 4.14. The Bertz CT molecular complexity index is 70.1. The van der Waals surface area contributed by atoms with Crippen molar-refractivity contribution in [2.45, 2.75) is 13.2 Å². The molecular formula is C4H7BBr2. The van der Waals surface area contributed by atoms with Gasteiger partial charge in [0.2, 0.25) is 0 Å². The molecule has 0 unspecified atom stereocenters. The van der Waals surface area contributed by atoms with Crippen LogP contribution in [0.3, 0.4) is 0 Å². The second-order valence-electron chi connectivity index (χ2n) is 1.55. The predicted molar refractivity (Wildman–Crippen MR) is 43.2 cm³/mol. The molecule has 0 fully saturated rings. The molecule has 0 saturated carbocycles. The van der Waals surface area contributed by atoms with Crippen LogP contribution in [0, 0.1) is 0 Å². The maximum absolute atomic E-state index is 3.74. The highest BCUT2D eigenvalue weighted by atomic mass is 79.9. The van der Waals surface area contributed by atoms with Crippen molar-refractivity contribution in [1.29, 1.82) is 0 Å². The molecule has 0 bridgehead atoms. The van der Waals surface area contributed by atoms with Crippen molar-refractivity contribution in [2.75, 3.05) is 0 Å². The number of allylic oxidation sites excluding steroid dienone is 1. The number of hydrogen-bond donors (Lipinski definition) is 0. The van der Waals surface area contributed by atoms with Crippen LogP contribution in [0.4, 0.5) is 0 Å². The van der Waals surface area contributed by atoms with Gasteiger partial charge in [0.15, 0.2) is 0 Å². The van der Waals surface area contributed by atoms with Crippen LogP contribution in [-0.4, -0.2) is 4.36 Å². The van der Waals surface area contributed by atoms with Gasteiger partial charge in [-0.1, -0.05) is 5.57 Å². The van der Waals surface area contributed by atoms with Crippen molar-refractivity contribution in [3.05, 3.63) is 12.2 Å². The monoisotopic (exact) mass is 224 g/mol. The molecule has 0 saturated heterocycles. The van der Waals surface area contributed by atoms with E-state index < -0.39 is 0 Å². The van der Waals surface area contributed by atoms with Gasteiger partial charge >= 0.3 is 4.36 Å². The Morgan fingerprint density at radius 3 is 2.14 bits per heavy atom. The molecule has 0 aliphatic carbocycles. The molecule has 40 valence electrons. The van der Waals surface area contributed by atoms with E-state index >= 15 is 0 Å². The molecular weight excluding hydrogens is 219 g/mol. The highest BCUT2D eigenvalue weighted by molar-refractivity contribution is 9.49. The summed E-state index contributed by atoms with van der Waals surface area (Å²) < 4.78 is 0.400. The van der Waals surface area contributed by atoms with Crippen molar-refractivity contribution in [3.63, 3.8) is 0 Å². The van der Waals surface area contributed by atoms with Gasteiger partial charge in [0.1, 0.15) is 0 Å². The van der Waals surface area contributed by atoms with Crippen LogP contribution in [0.15, 0.2) is 12.2 Å². The molecule has 0 aromatic rings. The van der Waals surface area contributed by atoms with E-state index in [-0.39, 0.29) is 0 Å². The summed E-state index contributed by atoms with van der Waals surface area (Å²) in [6.45, 7) is 5.74. The third-order valence-electron chi connectivity index (χ3n) is 0.503. The minimum absolute atomic E-state index is 0.400. The van der Waals surface area contributed by atoms with Crippen molar-refractivity contribution < 1.29 is 0 Å². The number of rotatable bonds is 2. The molecule has 0 spiro atoms. The zero-order valence-corrected chi connectivity index (χ0v) is 7.42. The van der Waals surface area contributed by atoms with E-state index in [1.165, 1.54) is 5.57 Å². The van der Waals surface area contributed by atoms with E-state index in [1.807, 2.05) is 6.92 Å². The molecule has 0 aliphatic heterocycles. The lowest BCUT2D eigenvalue weighted by Gasteiger charge is -1.92. The molecule has 0 N–H and O–H groups in total. The molecule has 7 heavy (non-hydrogen) atoms. The molecule has 0 atom stereocenters. The Balaban J connectivity index is 3.13. The molecule has 0 amide bonds. The van der Waals surface area contributed by atoms with E-state index in [9.17, 15) is 0 Å². The summed E-state index contributed by atoms with van der Waals surface area (Å²) in [7, 11) is 0. The van der Waals surface area contributed by atoms with Crippen molar-refractivity contribution in [1.82, 2.24) is 0 Å². The first kappa shape index (κ1) is 7.76. The lowest BCUT2D eigenvalue weighted by Crippen LogP contribution is -1.87. The predicted octanol–water partition coefficient (Wildman–Crippen LogP) is 2.84. The number of halogens is 2. The molecule has 0 rings (SSSR count). The van der Waals surface area contributed by atoms with Crippen molar-refractivity contribution in [3.8, 4) is 0 Å². The highest BCUT2D eigenvalue weighted by Gasteiger charge is 2.01. The van der Waals surface area contributed by atoms with Gasteiger partial charge in [0.25, 0.3) is 0 Å². The van der Waals surface area contributed by atoms with Gasteiger partial charge in [0.05, 0.1) is 0 Å². The Morgan fingerprint density at radius 1 is 1.71 bits per heavy atom. The summed E-state index contributed by atoms with van der Waals surface area (Å²) in [5, 5.41) is 0. The Hall–Kier alpha value is 0.765. The fraction of sp³-hybridized carbons (Fsp3) is 0.500. The van der Waals surface area contributed by atoms with Crippen LogP contribution in [0.2, 0.25) is 6.32 Å². The van der Waals surface area contributed by atoms with E-state index in [0.717, 1.165) is 6.32 Å². The quantitative estimate of drug-likeness (QED) is 0.501. The molecule has 0 aromatic heterocycles. The average molecular weight is 226 g/mol. The van der Waals surface area contributed by atoms with Crippen LogP contribution in [0.25, 0.3) is 0 Å². The maximum Gasteiger partial charge on any atom is 0.302 e. The Morgan fingerprint density at radius 2 is 2.14 bits per heavy atom. The van der Waals surface area contributed by atoms with E-state index in [1.54, 1.807) is 0 Å². The highest BCUT2D eigenvalue weighted by Crippen LogP contribution is 2.12. The SMILES string of the molecule is C=C(C)CB(Br)Br. The fourth-order valence-corrected chi connectivity index (χ4v) is 1.37. The van der Waals surface area contributed by atoms with Crippen LogP contribution < -0.4 is 0 Å². The van der Waals surface area contributed by atoms with E-state index in [2.05, 4.69) is 38.1 Å². The first-order chi connectivity index (χ1) is 3.13. The second kappa shape index (κ2) is 3.73. The summed E-state index contributed by atoms with van der Waals surface area (Å²) in [6, 6.07) is 0.